The third-order valence-corrected chi connectivity index (χ3v) is 3.84. The fourth-order valence-corrected chi connectivity index (χ4v) is 2.51. The molecule has 7 nitrogen and oxygen atoms in total. The predicted octanol–water partition coefficient (Wildman–Crippen LogP) is 1.88. The number of hydrogen-bond acceptors (Lipinski definition) is 5. The van der Waals surface area contributed by atoms with Crippen molar-refractivity contribution >= 4 is 29.4 Å². The highest BCUT2D eigenvalue weighted by atomic mass is 19.2. The largest absolute Gasteiger partial charge is 0.454 e. The number of rotatable bonds is 5. The molecule has 0 spiro atoms. The van der Waals surface area contributed by atoms with Crippen molar-refractivity contribution in [3.63, 3.8) is 0 Å². The normalized spacial score (nSPS) is 12.8. The summed E-state index contributed by atoms with van der Waals surface area (Å²) in [5.41, 5.74) is -0.348. The summed E-state index contributed by atoms with van der Waals surface area (Å²) in [6, 6.07) is 7.41. The van der Waals surface area contributed by atoms with Gasteiger partial charge in [-0.05, 0) is 24.3 Å². The Hall–Kier alpha value is -3.69. The summed E-state index contributed by atoms with van der Waals surface area (Å²) in [6.45, 7) is -1.61. The highest BCUT2D eigenvalue weighted by molar-refractivity contribution is 6.22. The van der Waals surface area contributed by atoms with Crippen LogP contribution in [-0.4, -0.2) is 41.7 Å². The number of ether oxygens (including phenoxy) is 1. The second kappa shape index (κ2) is 7.51. The van der Waals surface area contributed by atoms with Crippen molar-refractivity contribution in [2.24, 2.45) is 0 Å². The Bertz CT molecular complexity index is 974. The number of carbonyl (C=O) groups is 4. The Morgan fingerprint density at radius 1 is 0.929 bits per heavy atom. The summed E-state index contributed by atoms with van der Waals surface area (Å²) in [6.07, 6.45) is 0. The van der Waals surface area contributed by atoms with E-state index in [9.17, 15) is 32.3 Å². The number of nitrogens with zero attached hydrogens (tertiary/aromatic N) is 1. The molecule has 0 aromatic heterocycles. The van der Waals surface area contributed by atoms with Gasteiger partial charge in [0.1, 0.15) is 6.54 Å². The molecule has 2 aromatic rings. The van der Waals surface area contributed by atoms with E-state index in [1.807, 2.05) is 5.32 Å². The first-order chi connectivity index (χ1) is 13.3. The third-order valence-electron chi connectivity index (χ3n) is 3.84. The van der Waals surface area contributed by atoms with Gasteiger partial charge in [0.05, 0.1) is 16.8 Å². The Morgan fingerprint density at radius 2 is 1.54 bits per heavy atom. The molecule has 144 valence electrons. The molecular formula is C18H11F3N2O5. The van der Waals surface area contributed by atoms with Crippen molar-refractivity contribution < 1.29 is 37.1 Å². The van der Waals surface area contributed by atoms with Crippen molar-refractivity contribution in [2.75, 3.05) is 18.5 Å². The summed E-state index contributed by atoms with van der Waals surface area (Å²) < 4.78 is 44.1. The van der Waals surface area contributed by atoms with E-state index >= 15 is 0 Å². The van der Waals surface area contributed by atoms with Gasteiger partial charge in [-0.1, -0.05) is 12.1 Å². The van der Waals surface area contributed by atoms with Crippen LogP contribution in [0.1, 0.15) is 20.7 Å². The molecule has 10 heteroatoms. The number of halogens is 3. The molecule has 0 unspecified atom stereocenters. The maximum atomic E-state index is 13.5. The molecule has 1 heterocycles. The van der Waals surface area contributed by atoms with Crippen molar-refractivity contribution in [1.29, 1.82) is 0 Å². The number of imide groups is 1. The van der Waals surface area contributed by atoms with Gasteiger partial charge in [-0.3, -0.25) is 24.1 Å². The first-order valence-corrected chi connectivity index (χ1v) is 7.83. The maximum Gasteiger partial charge on any atom is 0.326 e. The first kappa shape index (κ1) is 19.1. The minimum atomic E-state index is -1.76. The average molecular weight is 392 g/mol. The van der Waals surface area contributed by atoms with Gasteiger partial charge < -0.3 is 10.1 Å². The number of amides is 3. The van der Waals surface area contributed by atoms with Crippen LogP contribution in [0, 0.1) is 17.5 Å². The summed E-state index contributed by atoms with van der Waals surface area (Å²) in [5.74, 6) is -8.23. The summed E-state index contributed by atoms with van der Waals surface area (Å²) in [4.78, 5) is 48.4. The van der Waals surface area contributed by atoms with Crippen LogP contribution in [0.4, 0.5) is 18.9 Å². The van der Waals surface area contributed by atoms with E-state index < -0.39 is 60.0 Å². The lowest BCUT2D eigenvalue weighted by atomic mass is 10.1. The van der Waals surface area contributed by atoms with E-state index in [0.29, 0.717) is 11.0 Å². The van der Waals surface area contributed by atoms with Gasteiger partial charge in [-0.25, -0.2) is 13.2 Å². The first-order valence-electron chi connectivity index (χ1n) is 7.83. The molecule has 0 aliphatic carbocycles. The Morgan fingerprint density at radius 3 is 2.14 bits per heavy atom. The predicted molar refractivity (Wildman–Crippen MR) is 87.7 cm³/mol. The van der Waals surface area contributed by atoms with Crippen LogP contribution in [0.3, 0.4) is 0 Å². The number of nitrogens with one attached hydrogen (secondary N) is 1. The monoisotopic (exact) mass is 392 g/mol. The Kier molecular flexibility index (Phi) is 5.12. The molecule has 28 heavy (non-hydrogen) atoms. The lowest BCUT2D eigenvalue weighted by Crippen LogP contribution is -2.36. The van der Waals surface area contributed by atoms with Gasteiger partial charge in [0, 0.05) is 0 Å². The standard InChI is InChI=1S/C18H11F3N2O5/c19-11-5-6-12(16(21)15(11)20)22-13(24)8-28-14(25)7-23-17(26)9-3-1-2-4-10(9)18(23)27/h1-6H,7-8H2,(H,22,24). The van der Waals surface area contributed by atoms with Gasteiger partial charge in [0.25, 0.3) is 17.7 Å². The summed E-state index contributed by atoms with van der Waals surface area (Å²) in [7, 11) is 0. The van der Waals surface area contributed by atoms with Crippen LogP contribution in [0.25, 0.3) is 0 Å². The highest BCUT2D eigenvalue weighted by Gasteiger charge is 2.36. The number of carbonyl (C=O) groups excluding carboxylic acids is 4. The average Bonchev–Trinajstić information content (AvgIpc) is 2.92. The van der Waals surface area contributed by atoms with Crippen LogP contribution in [0.5, 0.6) is 0 Å². The van der Waals surface area contributed by atoms with Gasteiger partial charge in [-0.2, -0.15) is 0 Å². The second-order valence-corrected chi connectivity index (χ2v) is 5.67. The number of esters is 1. The number of hydrogen-bond donors (Lipinski definition) is 1. The summed E-state index contributed by atoms with van der Waals surface area (Å²) in [5, 5.41) is 1.91. The molecule has 3 rings (SSSR count). The molecule has 0 radical (unpaired) electrons. The fourth-order valence-electron chi connectivity index (χ4n) is 2.51. The molecular weight excluding hydrogens is 381 g/mol. The van der Waals surface area contributed by atoms with E-state index in [0.717, 1.165) is 6.07 Å². The van der Waals surface area contributed by atoms with E-state index in [2.05, 4.69) is 4.74 Å². The molecule has 0 fully saturated rings. The lowest BCUT2D eigenvalue weighted by Gasteiger charge is -2.13. The maximum absolute atomic E-state index is 13.5. The van der Waals surface area contributed by atoms with E-state index in [-0.39, 0.29) is 11.1 Å². The van der Waals surface area contributed by atoms with Crippen LogP contribution in [-0.2, 0) is 14.3 Å². The Labute approximate surface area is 155 Å². The Balaban J connectivity index is 1.55. The van der Waals surface area contributed by atoms with Crippen LogP contribution in [0.15, 0.2) is 36.4 Å². The van der Waals surface area contributed by atoms with Gasteiger partial charge in [-0.15, -0.1) is 0 Å². The van der Waals surface area contributed by atoms with Crippen molar-refractivity contribution in [3.8, 4) is 0 Å². The summed E-state index contributed by atoms with van der Waals surface area (Å²) >= 11 is 0. The molecule has 2 aromatic carbocycles. The van der Waals surface area contributed by atoms with Crippen molar-refractivity contribution in [2.45, 2.75) is 0 Å². The number of fused-ring (bicyclic) bond motifs is 1. The molecule has 0 saturated heterocycles. The third kappa shape index (κ3) is 3.56. The number of anilines is 1. The van der Waals surface area contributed by atoms with Crippen molar-refractivity contribution in [3.05, 3.63) is 65.0 Å². The van der Waals surface area contributed by atoms with E-state index in [1.54, 1.807) is 12.1 Å². The molecule has 0 bridgehead atoms. The van der Waals surface area contributed by atoms with E-state index in [1.165, 1.54) is 12.1 Å². The fraction of sp³-hybridized carbons (Fsp3) is 0.111. The molecule has 0 saturated carbocycles. The molecule has 1 aliphatic rings. The molecule has 1 aliphatic heterocycles. The topological polar surface area (TPSA) is 92.8 Å². The van der Waals surface area contributed by atoms with Crippen LogP contribution in [0.2, 0.25) is 0 Å². The van der Waals surface area contributed by atoms with Crippen LogP contribution >= 0.6 is 0 Å². The zero-order valence-electron chi connectivity index (χ0n) is 14.0. The van der Waals surface area contributed by atoms with Gasteiger partial charge in [0.15, 0.2) is 24.1 Å². The lowest BCUT2D eigenvalue weighted by molar-refractivity contribution is -0.147. The van der Waals surface area contributed by atoms with Crippen LogP contribution < -0.4 is 5.32 Å². The highest BCUT2D eigenvalue weighted by Crippen LogP contribution is 2.22. The smallest absolute Gasteiger partial charge is 0.326 e. The molecule has 1 N–H and O–H groups in total. The van der Waals surface area contributed by atoms with Crippen molar-refractivity contribution in [1.82, 2.24) is 4.90 Å². The quantitative estimate of drug-likeness (QED) is 0.477. The minimum absolute atomic E-state index is 0.145. The van der Waals surface area contributed by atoms with Gasteiger partial charge >= 0.3 is 5.97 Å². The van der Waals surface area contributed by atoms with Gasteiger partial charge in [0.2, 0.25) is 0 Å². The van der Waals surface area contributed by atoms with E-state index in [4.69, 9.17) is 0 Å². The number of benzene rings is 2. The second-order valence-electron chi connectivity index (χ2n) is 5.67. The zero-order valence-corrected chi connectivity index (χ0v) is 14.0. The minimum Gasteiger partial charge on any atom is -0.454 e. The SMILES string of the molecule is O=C(COC(=O)CN1C(=O)c2ccccc2C1=O)Nc1ccc(F)c(F)c1F. The molecule has 0 atom stereocenters. The molecule has 3 amide bonds. The zero-order chi connectivity index (χ0) is 20.4.